The summed E-state index contributed by atoms with van der Waals surface area (Å²) in [5, 5.41) is 28.0. The lowest BCUT2D eigenvalue weighted by Gasteiger charge is -2.22. The summed E-state index contributed by atoms with van der Waals surface area (Å²) in [5.41, 5.74) is 7.14. The molecule has 0 saturated heterocycles. The monoisotopic (exact) mass is 657 g/mol. The number of nitrogens with zero attached hydrogens (tertiary/aromatic N) is 6. The van der Waals surface area contributed by atoms with Gasteiger partial charge in [-0.15, -0.1) is 5.10 Å². The summed E-state index contributed by atoms with van der Waals surface area (Å²) in [6.45, 7) is 2.99. The van der Waals surface area contributed by atoms with Crippen LogP contribution in [0.1, 0.15) is 41.9 Å². The van der Waals surface area contributed by atoms with Crippen LogP contribution in [0.5, 0.6) is 5.75 Å². The third-order valence-electron chi connectivity index (χ3n) is 7.17. The molecule has 4 rings (SSSR count). The molecule has 4 aromatic rings. The van der Waals surface area contributed by atoms with Crippen molar-refractivity contribution in [1.82, 2.24) is 46.0 Å². The van der Waals surface area contributed by atoms with Crippen LogP contribution in [0.25, 0.3) is 11.0 Å². The van der Waals surface area contributed by atoms with E-state index in [1.165, 1.54) is 23.0 Å². The number of aromatic nitrogens is 5. The van der Waals surface area contributed by atoms with E-state index in [1.54, 1.807) is 62.3 Å². The van der Waals surface area contributed by atoms with Crippen LogP contribution in [0.4, 0.5) is 0 Å². The number of imidazole rings is 1. The number of carbonyl (C=O) groups is 5. The number of hydrogen-bond acceptors (Lipinski definition) is 10. The van der Waals surface area contributed by atoms with Crippen molar-refractivity contribution in [2.75, 3.05) is 13.1 Å². The summed E-state index contributed by atoms with van der Waals surface area (Å²) in [7, 11) is 1.73. The molecule has 0 unspecified atom stereocenters. The zero-order chi connectivity index (χ0) is 34.8. The molecule has 0 fully saturated rings. The van der Waals surface area contributed by atoms with E-state index in [0.29, 0.717) is 16.7 Å². The lowest BCUT2D eigenvalue weighted by molar-refractivity contribution is -0.130. The van der Waals surface area contributed by atoms with E-state index in [2.05, 4.69) is 36.6 Å². The highest BCUT2D eigenvalue weighted by Crippen LogP contribution is 2.22. The topological polar surface area (TPSA) is 241 Å². The predicted octanol–water partition coefficient (Wildman–Crippen LogP) is -0.532. The van der Waals surface area contributed by atoms with E-state index in [1.807, 2.05) is 6.07 Å². The van der Waals surface area contributed by atoms with Gasteiger partial charge in [-0.05, 0) is 41.5 Å². The molecule has 0 spiro atoms. The van der Waals surface area contributed by atoms with E-state index in [9.17, 15) is 29.2 Å². The Kier molecular flexibility index (Phi) is 11.4. The molecule has 0 aliphatic carbocycles. The van der Waals surface area contributed by atoms with Gasteiger partial charge < -0.3 is 36.4 Å². The Balaban J connectivity index is 1.33. The second kappa shape index (κ2) is 15.8. The van der Waals surface area contributed by atoms with Crippen LogP contribution in [-0.4, -0.2) is 79.4 Å². The van der Waals surface area contributed by atoms with Gasteiger partial charge in [0.1, 0.15) is 29.2 Å². The minimum absolute atomic E-state index is 0.0591. The maximum Gasteiger partial charge on any atom is 0.251 e. The number of aryl methyl sites for hydroxylation is 1. The SMILES string of the molecule is CC(C)[C@H](NC(=O)c1ccc(On2nnc3ccccc32)c(C#N)c1)C(=O)NCCC(=O)N[C@@H](Cc1cncn1C)C(=O)NCC(N)=O. The first-order valence-electron chi connectivity index (χ1n) is 14.9. The van der Waals surface area contributed by atoms with Crippen molar-refractivity contribution >= 4 is 40.6 Å². The highest BCUT2D eigenvalue weighted by atomic mass is 16.7. The number of primary amides is 1. The number of nitrogens with one attached hydrogen (secondary N) is 4. The summed E-state index contributed by atoms with van der Waals surface area (Å²) in [6, 6.07) is 11.3. The van der Waals surface area contributed by atoms with Gasteiger partial charge in [-0.2, -0.15) is 5.26 Å². The maximum absolute atomic E-state index is 13.1. The number of hydrogen-bond donors (Lipinski definition) is 5. The number of nitriles is 1. The molecule has 250 valence electrons. The molecule has 0 bridgehead atoms. The van der Waals surface area contributed by atoms with Crippen molar-refractivity contribution in [3.63, 3.8) is 0 Å². The summed E-state index contributed by atoms with van der Waals surface area (Å²) >= 11 is 0. The van der Waals surface area contributed by atoms with Crippen LogP contribution in [-0.2, 0) is 32.6 Å². The molecule has 2 heterocycles. The van der Waals surface area contributed by atoms with E-state index in [4.69, 9.17) is 10.6 Å². The standard InChI is InChI=1S/C31H35N11O6/c1-18(2)28(31(47)35-11-10-27(44)37-23(30(46)36-16-26(33)43)13-21-15-34-17-41(21)3)38-29(45)19-8-9-25(20(12-19)14-32)48-42-24-7-5-4-6-22(24)39-40-42/h4-9,12,15,17-18,23,28H,10-11,13,16H2,1-3H3,(H2,33,43)(H,35,47)(H,36,46)(H,37,44)(H,38,45)/t23-,28-/m0/s1. The first-order chi connectivity index (χ1) is 23.0. The molecule has 2 atom stereocenters. The van der Waals surface area contributed by atoms with Crippen molar-refractivity contribution in [2.45, 2.75) is 38.8 Å². The highest BCUT2D eigenvalue weighted by molar-refractivity contribution is 5.98. The average Bonchev–Trinajstić information content (AvgIpc) is 3.67. The van der Waals surface area contributed by atoms with E-state index >= 15 is 0 Å². The second-order valence-corrected chi connectivity index (χ2v) is 11.1. The normalized spacial score (nSPS) is 12.1. The maximum atomic E-state index is 13.1. The number of fused-ring (bicyclic) bond motifs is 1. The minimum atomic E-state index is -1.03. The van der Waals surface area contributed by atoms with Crippen LogP contribution >= 0.6 is 0 Å². The summed E-state index contributed by atoms with van der Waals surface area (Å²) in [5.74, 6) is -3.20. The molecule has 0 aliphatic rings. The van der Waals surface area contributed by atoms with Gasteiger partial charge in [0.2, 0.25) is 23.6 Å². The number of benzene rings is 2. The lowest BCUT2D eigenvalue weighted by atomic mass is 10.0. The van der Waals surface area contributed by atoms with Gasteiger partial charge in [-0.25, -0.2) is 4.98 Å². The average molecular weight is 658 g/mol. The van der Waals surface area contributed by atoms with E-state index < -0.39 is 48.2 Å². The molecule has 0 saturated carbocycles. The number of rotatable bonds is 15. The molecular formula is C31H35N11O6. The molecule has 17 nitrogen and oxygen atoms in total. The molecule has 2 aromatic carbocycles. The van der Waals surface area contributed by atoms with Crippen molar-refractivity contribution in [1.29, 1.82) is 5.26 Å². The van der Waals surface area contributed by atoms with Crippen molar-refractivity contribution in [3.05, 3.63) is 71.8 Å². The van der Waals surface area contributed by atoms with Crippen LogP contribution in [0, 0.1) is 17.2 Å². The number of para-hydroxylation sites is 1. The molecule has 2 aromatic heterocycles. The Bertz CT molecular complexity index is 1860. The van der Waals surface area contributed by atoms with Crippen molar-refractivity contribution < 1.29 is 28.8 Å². The zero-order valence-electron chi connectivity index (χ0n) is 26.5. The smallest absolute Gasteiger partial charge is 0.251 e. The van der Waals surface area contributed by atoms with Crippen LogP contribution in [0.15, 0.2) is 55.0 Å². The summed E-state index contributed by atoms with van der Waals surface area (Å²) in [4.78, 5) is 73.6. The van der Waals surface area contributed by atoms with Gasteiger partial charge in [-0.1, -0.05) is 30.8 Å². The Morgan fingerprint density at radius 3 is 2.50 bits per heavy atom. The number of nitrogens with two attached hydrogens (primary N) is 1. The fourth-order valence-electron chi connectivity index (χ4n) is 4.58. The van der Waals surface area contributed by atoms with E-state index in [-0.39, 0.29) is 42.2 Å². The van der Waals surface area contributed by atoms with Crippen LogP contribution < -0.4 is 31.8 Å². The van der Waals surface area contributed by atoms with Crippen LogP contribution in [0.3, 0.4) is 0 Å². The van der Waals surface area contributed by atoms with Gasteiger partial charge in [0.25, 0.3) is 5.91 Å². The molecule has 0 aliphatic heterocycles. The molecule has 6 N–H and O–H groups in total. The number of carbonyl (C=O) groups excluding carboxylic acids is 5. The van der Waals surface area contributed by atoms with Crippen LogP contribution in [0.2, 0.25) is 0 Å². The quantitative estimate of drug-likeness (QED) is 0.109. The molecule has 17 heteroatoms. The second-order valence-electron chi connectivity index (χ2n) is 11.1. The van der Waals surface area contributed by atoms with Gasteiger partial charge in [0.05, 0.1) is 18.4 Å². The van der Waals surface area contributed by atoms with E-state index in [0.717, 1.165) is 0 Å². The molecule has 48 heavy (non-hydrogen) atoms. The zero-order valence-corrected chi connectivity index (χ0v) is 26.5. The van der Waals surface area contributed by atoms with Gasteiger partial charge in [-0.3, -0.25) is 24.0 Å². The van der Waals surface area contributed by atoms with Crippen molar-refractivity contribution in [2.24, 2.45) is 18.7 Å². The summed E-state index contributed by atoms with van der Waals surface area (Å²) in [6.07, 6.45) is 3.01. The van der Waals surface area contributed by atoms with Crippen molar-refractivity contribution in [3.8, 4) is 11.8 Å². The fraction of sp³-hybridized carbons (Fsp3) is 0.323. The number of amides is 5. The fourth-order valence-corrected chi connectivity index (χ4v) is 4.58. The van der Waals surface area contributed by atoms with Gasteiger partial charge in [0.15, 0.2) is 5.75 Å². The third kappa shape index (κ3) is 8.90. The minimum Gasteiger partial charge on any atom is -0.368 e. The third-order valence-corrected chi connectivity index (χ3v) is 7.17. The Hall–Kier alpha value is -6.31. The van der Waals surface area contributed by atoms with Gasteiger partial charge in [0, 0.05) is 43.9 Å². The highest BCUT2D eigenvalue weighted by Gasteiger charge is 2.26. The first-order valence-corrected chi connectivity index (χ1v) is 14.9. The molecule has 0 radical (unpaired) electrons. The Morgan fingerprint density at radius 1 is 1.04 bits per heavy atom. The first kappa shape index (κ1) is 34.6. The Labute approximate surface area is 274 Å². The predicted molar refractivity (Wildman–Crippen MR) is 169 cm³/mol. The summed E-state index contributed by atoms with van der Waals surface area (Å²) < 4.78 is 1.69. The lowest BCUT2D eigenvalue weighted by Crippen LogP contribution is -2.51. The molecular weight excluding hydrogens is 622 g/mol. The largest absolute Gasteiger partial charge is 0.368 e. The molecule has 5 amide bonds. The van der Waals surface area contributed by atoms with Gasteiger partial charge >= 0.3 is 0 Å². The Morgan fingerprint density at radius 2 is 1.81 bits per heavy atom.